The number of hydrogen-bond donors (Lipinski definition) is 1. The normalized spacial score (nSPS) is 26.4. The maximum atomic E-state index is 12.4. The highest BCUT2D eigenvalue weighted by molar-refractivity contribution is 5.82. The fourth-order valence-electron chi connectivity index (χ4n) is 3.14. The molecule has 2 aliphatic rings. The van der Waals surface area contributed by atoms with Crippen LogP contribution in [0.25, 0.3) is 0 Å². The number of likely N-dealkylation sites (tertiary alicyclic amines) is 1. The Morgan fingerprint density at radius 3 is 3.16 bits per heavy atom. The van der Waals surface area contributed by atoms with E-state index in [-0.39, 0.29) is 5.92 Å². The Labute approximate surface area is 113 Å². The van der Waals surface area contributed by atoms with Crippen LogP contribution in [0.3, 0.4) is 0 Å². The van der Waals surface area contributed by atoms with E-state index in [1.807, 2.05) is 29.2 Å². The highest BCUT2D eigenvalue weighted by Gasteiger charge is 2.41. The Bertz CT molecular complexity index is 475. The van der Waals surface area contributed by atoms with Crippen molar-refractivity contribution in [3.8, 4) is 5.75 Å². The van der Waals surface area contributed by atoms with Gasteiger partial charge in [0.1, 0.15) is 5.75 Å². The molecule has 0 aromatic heterocycles. The van der Waals surface area contributed by atoms with Gasteiger partial charge in [-0.15, -0.1) is 0 Å². The van der Waals surface area contributed by atoms with E-state index in [1.54, 1.807) is 7.11 Å². The van der Waals surface area contributed by atoms with Crippen LogP contribution in [0.2, 0.25) is 0 Å². The number of nitrogens with one attached hydrogen (secondary N) is 1. The number of rotatable bonds is 3. The molecule has 0 spiro atoms. The average Bonchev–Trinajstić information content (AvgIpc) is 2.76. The van der Waals surface area contributed by atoms with Crippen molar-refractivity contribution >= 4 is 5.91 Å². The summed E-state index contributed by atoms with van der Waals surface area (Å²) in [4.78, 5) is 14.3. The number of amides is 1. The molecule has 4 heteroatoms. The predicted octanol–water partition coefficient (Wildman–Crippen LogP) is 1.41. The van der Waals surface area contributed by atoms with Crippen LogP contribution >= 0.6 is 0 Å². The maximum Gasteiger partial charge on any atom is 0.227 e. The fraction of sp³-hybridized carbons (Fsp3) is 0.533. The van der Waals surface area contributed by atoms with E-state index in [0.29, 0.717) is 18.5 Å². The van der Waals surface area contributed by atoms with Gasteiger partial charge in [-0.25, -0.2) is 0 Å². The summed E-state index contributed by atoms with van der Waals surface area (Å²) in [7, 11) is 1.67. The molecular weight excluding hydrogens is 240 g/mol. The number of carbonyl (C=O) groups is 1. The minimum absolute atomic E-state index is 0.194. The van der Waals surface area contributed by atoms with Gasteiger partial charge in [0.05, 0.1) is 13.0 Å². The quantitative estimate of drug-likeness (QED) is 0.893. The van der Waals surface area contributed by atoms with E-state index in [0.717, 1.165) is 37.2 Å². The van der Waals surface area contributed by atoms with Gasteiger partial charge in [-0.2, -0.15) is 0 Å². The molecule has 1 aromatic rings. The average molecular weight is 260 g/mol. The summed E-state index contributed by atoms with van der Waals surface area (Å²) in [6.45, 7) is 2.56. The van der Waals surface area contributed by atoms with E-state index < -0.39 is 0 Å². The Hall–Kier alpha value is -1.55. The van der Waals surface area contributed by atoms with Gasteiger partial charge in [0.2, 0.25) is 5.91 Å². The number of carbonyl (C=O) groups excluding carboxylic acids is 1. The maximum absolute atomic E-state index is 12.4. The van der Waals surface area contributed by atoms with Crippen LogP contribution < -0.4 is 10.1 Å². The first-order valence-corrected chi connectivity index (χ1v) is 6.93. The predicted molar refractivity (Wildman–Crippen MR) is 72.9 cm³/mol. The van der Waals surface area contributed by atoms with E-state index in [1.165, 1.54) is 0 Å². The lowest BCUT2D eigenvalue weighted by Crippen LogP contribution is -2.41. The molecule has 2 aliphatic heterocycles. The van der Waals surface area contributed by atoms with Crippen molar-refractivity contribution < 1.29 is 9.53 Å². The minimum Gasteiger partial charge on any atom is -0.497 e. The molecule has 19 heavy (non-hydrogen) atoms. The summed E-state index contributed by atoms with van der Waals surface area (Å²) in [6.07, 6.45) is 2.14. The van der Waals surface area contributed by atoms with Crippen LogP contribution in [0.4, 0.5) is 0 Å². The highest BCUT2D eigenvalue weighted by atomic mass is 16.5. The lowest BCUT2D eigenvalue weighted by molar-refractivity contribution is -0.131. The third kappa shape index (κ3) is 2.45. The van der Waals surface area contributed by atoms with Crippen molar-refractivity contribution in [3.05, 3.63) is 29.8 Å². The number of ether oxygens (including phenoxy) is 1. The molecule has 3 rings (SSSR count). The molecule has 2 saturated heterocycles. The number of fused-ring (bicyclic) bond motifs is 1. The molecule has 0 bridgehead atoms. The Morgan fingerprint density at radius 2 is 2.37 bits per heavy atom. The van der Waals surface area contributed by atoms with Crippen molar-refractivity contribution in [2.24, 2.45) is 5.92 Å². The zero-order chi connectivity index (χ0) is 13.2. The second-order valence-electron chi connectivity index (χ2n) is 5.38. The first-order valence-electron chi connectivity index (χ1n) is 6.93. The third-order valence-electron chi connectivity index (χ3n) is 4.14. The van der Waals surface area contributed by atoms with Gasteiger partial charge in [0.15, 0.2) is 0 Å². The van der Waals surface area contributed by atoms with Gasteiger partial charge >= 0.3 is 0 Å². The van der Waals surface area contributed by atoms with Crippen LogP contribution in [0.15, 0.2) is 24.3 Å². The van der Waals surface area contributed by atoms with E-state index >= 15 is 0 Å². The van der Waals surface area contributed by atoms with Crippen LogP contribution in [-0.2, 0) is 11.3 Å². The molecule has 0 aliphatic carbocycles. The van der Waals surface area contributed by atoms with E-state index in [9.17, 15) is 4.79 Å². The standard InChI is InChI=1S/C15H20N2O2/c1-19-12-5-2-4-11(8-12)9-17-10-14-13(15(17)18)6-3-7-16-14/h2,4-5,8,13-14,16H,3,6-7,9-10H2,1H3. The Morgan fingerprint density at radius 1 is 1.47 bits per heavy atom. The summed E-state index contributed by atoms with van der Waals surface area (Å²) >= 11 is 0. The largest absolute Gasteiger partial charge is 0.497 e. The van der Waals surface area contributed by atoms with Crippen LogP contribution in [0, 0.1) is 5.92 Å². The number of piperidine rings is 1. The minimum atomic E-state index is 0.194. The molecule has 2 unspecified atom stereocenters. The number of nitrogens with zero attached hydrogens (tertiary/aromatic N) is 1. The number of hydrogen-bond acceptors (Lipinski definition) is 3. The SMILES string of the molecule is COc1cccc(CN2CC3NCCCC3C2=O)c1. The van der Waals surface area contributed by atoms with Crippen LogP contribution in [0.5, 0.6) is 5.75 Å². The second kappa shape index (κ2) is 5.21. The molecular formula is C15H20N2O2. The monoisotopic (exact) mass is 260 g/mol. The highest BCUT2D eigenvalue weighted by Crippen LogP contribution is 2.27. The summed E-state index contributed by atoms with van der Waals surface area (Å²) < 4.78 is 5.22. The molecule has 0 radical (unpaired) electrons. The fourth-order valence-corrected chi connectivity index (χ4v) is 3.14. The Kier molecular flexibility index (Phi) is 3.42. The molecule has 1 aromatic carbocycles. The molecule has 0 saturated carbocycles. The third-order valence-corrected chi connectivity index (χ3v) is 4.14. The zero-order valence-electron chi connectivity index (χ0n) is 11.3. The smallest absolute Gasteiger partial charge is 0.227 e. The van der Waals surface area contributed by atoms with Crippen LogP contribution in [0.1, 0.15) is 18.4 Å². The first-order chi connectivity index (χ1) is 9.28. The number of methoxy groups -OCH3 is 1. The molecule has 102 valence electrons. The van der Waals surface area contributed by atoms with Gasteiger partial charge in [-0.3, -0.25) is 4.79 Å². The van der Waals surface area contributed by atoms with Gasteiger partial charge < -0.3 is 15.0 Å². The molecule has 4 nitrogen and oxygen atoms in total. The molecule has 1 amide bonds. The molecule has 2 atom stereocenters. The van der Waals surface area contributed by atoms with E-state index in [2.05, 4.69) is 5.32 Å². The summed E-state index contributed by atoms with van der Waals surface area (Å²) in [5.41, 5.74) is 1.13. The summed E-state index contributed by atoms with van der Waals surface area (Å²) in [5.74, 6) is 1.35. The molecule has 1 N–H and O–H groups in total. The van der Waals surface area contributed by atoms with Gasteiger partial charge in [0, 0.05) is 19.1 Å². The van der Waals surface area contributed by atoms with Gasteiger partial charge in [-0.1, -0.05) is 12.1 Å². The first kappa shape index (κ1) is 12.5. The summed E-state index contributed by atoms with van der Waals surface area (Å²) in [6, 6.07) is 8.30. The lowest BCUT2D eigenvalue weighted by Gasteiger charge is -2.23. The van der Waals surface area contributed by atoms with Crippen molar-refractivity contribution in [3.63, 3.8) is 0 Å². The lowest BCUT2D eigenvalue weighted by atomic mass is 9.94. The number of benzene rings is 1. The van der Waals surface area contributed by atoms with Crippen molar-refractivity contribution in [1.29, 1.82) is 0 Å². The van der Waals surface area contributed by atoms with Crippen molar-refractivity contribution in [1.82, 2.24) is 10.2 Å². The van der Waals surface area contributed by atoms with Crippen molar-refractivity contribution in [2.45, 2.75) is 25.4 Å². The zero-order valence-corrected chi connectivity index (χ0v) is 11.3. The topological polar surface area (TPSA) is 41.6 Å². The summed E-state index contributed by atoms with van der Waals surface area (Å²) in [5, 5.41) is 3.46. The molecule has 2 heterocycles. The van der Waals surface area contributed by atoms with Crippen LogP contribution in [-0.4, -0.2) is 37.0 Å². The van der Waals surface area contributed by atoms with Crippen molar-refractivity contribution in [2.75, 3.05) is 20.2 Å². The Balaban J connectivity index is 1.71. The van der Waals surface area contributed by atoms with Gasteiger partial charge in [-0.05, 0) is 37.1 Å². The second-order valence-corrected chi connectivity index (χ2v) is 5.38. The van der Waals surface area contributed by atoms with Gasteiger partial charge in [0.25, 0.3) is 0 Å². The molecule has 2 fully saturated rings. The van der Waals surface area contributed by atoms with E-state index in [4.69, 9.17) is 4.74 Å².